The number of carbonyl (C=O) groups is 2. The van der Waals surface area contributed by atoms with Crippen LogP contribution in [0.1, 0.15) is 24.2 Å². The molecule has 0 radical (unpaired) electrons. The highest BCUT2D eigenvalue weighted by atomic mass is 16.5. The van der Waals surface area contributed by atoms with Gasteiger partial charge in [0, 0.05) is 19.2 Å². The average molecular weight is 337 g/mol. The van der Waals surface area contributed by atoms with Crippen molar-refractivity contribution in [3.63, 3.8) is 0 Å². The first-order valence-electron chi connectivity index (χ1n) is 7.77. The van der Waals surface area contributed by atoms with E-state index in [1.54, 1.807) is 23.1 Å². The van der Waals surface area contributed by atoms with Gasteiger partial charge in [0.15, 0.2) is 6.61 Å². The number of nitrogens with zero attached hydrogens (tertiary/aromatic N) is 1. The molecule has 1 aliphatic heterocycles. The van der Waals surface area contributed by atoms with E-state index in [1.165, 1.54) is 14.2 Å². The Labute approximate surface area is 141 Å². The molecule has 132 valence electrons. The van der Waals surface area contributed by atoms with E-state index in [1.807, 2.05) is 13.8 Å². The van der Waals surface area contributed by atoms with Crippen molar-refractivity contribution in [3.05, 3.63) is 23.8 Å². The fraction of sp³-hybridized carbons (Fsp3) is 0.529. The molecule has 1 aromatic rings. The van der Waals surface area contributed by atoms with Gasteiger partial charge in [0.2, 0.25) is 0 Å². The number of hydrogen-bond donors (Lipinski definition) is 0. The molecule has 0 N–H and O–H groups in total. The molecule has 0 aromatic heterocycles. The number of morpholine rings is 1. The molecule has 1 fully saturated rings. The molecular formula is C17H23NO6. The first kappa shape index (κ1) is 18.1. The zero-order valence-corrected chi connectivity index (χ0v) is 14.4. The minimum atomic E-state index is -0.614. The van der Waals surface area contributed by atoms with Gasteiger partial charge in [-0.2, -0.15) is 0 Å². The molecular weight excluding hydrogens is 314 g/mol. The molecule has 2 unspecified atom stereocenters. The molecule has 0 saturated carbocycles. The second-order valence-electron chi connectivity index (χ2n) is 5.70. The zero-order chi connectivity index (χ0) is 17.7. The summed E-state index contributed by atoms with van der Waals surface area (Å²) < 4.78 is 21.0. The fourth-order valence-electron chi connectivity index (χ4n) is 2.65. The predicted octanol–water partition coefficient (Wildman–Crippen LogP) is 1.50. The first-order chi connectivity index (χ1) is 11.4. The molecule has 2 rings (SSSR count). The molecule has 2 atom stereocenters. The minimum Gasteiger partial charge on any atom is -0.497 e. The molecule has 1 aromatic carbocycles. The number of esters is 1. The molecule has 7 heteroatoms. The van der Waals surface area contributed by atoms with Crippen LogP contribution in [0.25, 0.3) is 0 Å². The number of amides is 1. The maximum Gasteiger partial charge on any atom is 0.342 e. The number of methoxy groups -OCH3 is 2. The van der Waals surface area contributed by atoms with E-state index in [0.29, 0.717) is 24.6 Å². The number of benzene rings is 1. The highest BCUT2D eigenvalue weighted by Gasteiger charge is 2.26. The summed E-state index contributed by atoms with van der Waals surface area (Å²) in [7, 11) is 2.98. The van der Waals surface area contributed by atoms with E-state index in [0.717, 1.165) is 0 Å². The Morgan fingerprint density at radius 2 is 1.83 bits per heavy atom. The summed E-state index contributed by atoms with van der Waals surface area (Å²) in [6.07, 6.45) is -0.0647. The van der Waals surface area contributed by atoms with Gasteiger partial charge in [-0.1, -0.05) is 0 Å². The highest BCUT2D eigenvalue weighted by Crippen LogP contribution is 2.25. The summed E-state index contributed by atoms with van der Waals surface area (Å²) in [6.45, 7) is 4.49. The van der Waals surface area contributed by atoms with Crippen LogP contribution in [0.2, 0.25) is 0 Å². The summed E-state index contributed by atoms with van der Waals surface area (Å²) >= 11 is 0. The van der Waals surface area contributed by atoms with Gasteiger partial charge >= 0.3 is 5.97 Å². The Bertz CT molecular complexity index is 593. The highest BCUT2D eigenvalue weighted by molar-refractivity contribution is 5.94. The summed E-state index contributed by atoms with van der Waals surface area (Å²) in [5, 5.41) is 0. The van der Waals surface area contributed by atoms with E-state index in [-0.39, 0.29) is 30.3 Å². The first-order valence-corrected chi connectivity index (χ1v) is 7.77. The molecule has 0 spiro atoms. The number of carbonyl (C=O) groups excluding carboxylic acids is 2. The molecule has 1 aliphatic rings. The Morgan fingerprint density at radius 1 is 1.17 bits per heavy atom. The van der Waals surface area contributed by atoms with E-state index >= 15 is 0 Å². The van der Waals surface area contributed by atoms with Crippen LogP contribution in [0, 0.1) is 0 Å². The molecule has 0 aliphatic carbocycles. The van der Waals surface area contributed by atoms with E-state index < -0.39 is 5.97 Å². The molecule has 0 bridgehead atoms. The third-order valence-corrected chi connectivity index (χ3v) is 3.73. The Kier molecular flexibility index (Phi) is 6.03. The maximum absolute atomic E-state index is 12.2. The lowest BCUT2D eigenvalue weighted by molar-refractivity contribution is -0.146. The van der Waals surface area contributed by atoms with Crippen molar-refractivity contribution < 1.29 is 28.5 Å². The fourth-order valence-corrected chi connectivity index (χ4v) is 2.65. The van der Waals surface area contributed by atoms with Crippen molar-refractivity contribution in [1.29, 1.82) is 0 Å². The van der Waals surface area contributed by atoms with Crippen molar-refractivity contribution in [2.45, 2.75) is 26.1 Å². The van der Waals surface area contributed by atoms with Crippen molar-refractivity contribution >= 4 is 11.9 Å². The average Bonchev–Trinajstić information content (AvgIpc) is 2.57. The van der Waals surface area contributed by atoms with Crippen molar-refractivity contribution in [3.8, 4) is 11.5 Å². The maximum atomic E-state index is 12.2. The van der Waals surface area contributed by atoms with Gasteiger partial charge < -0.3 is 23.8 Å². The van der Waals surface area contributed by atoms with Crippen molar-refractivity contribution in [2.75, 3.05) is 33.9 Å². The SMILES string of the molecule is COc1ccc(C(=O)OCC(=O)N2CC(C)OC(C)C2)c(OC)c1. The Balaban J connectivity index is 1.96. The Hall–Kier alpha value is -2.28. The lowest BCUT2D eigenvalue weighted by Crippen LogP contribution is -2.49. The van der Waals surface area contributed by atoms with Gasteiger partial charge in [-0.15, -0.1) is 0 Å². The number of rotatable bonds is 5. The van der Waals surface area contributed by atoms with Crippen LogP contribution >= 0.6 is 0 Å². The van der Waals surface area contributed by atoms with Crippen LogP contribution < -0.4 is 9.47 Å². The van der Waals surface area contributed by atoms with Crippen molar-refractivity contribution in [1.82, 2.24) is 4.90 Å². The number of ether oxygens (including phenoxy) is 4. The smallest absolute Gasteiger partial charge is 0.342 e. The quantitative estimate of drug-likeness (QED) is 0.758. The summed E-state index contributed by atoms with van der Waals surface area (Å²) in [6, 6.07) is 4.76. The Morgan fingerprint density at radius 3 is 2.42 bits per heavy atom. The zero-order valence-electron chi connectivity index (χ0n) is 14.4. The third kappa shape index (κ3) is 4.38. The molecule has 1 heterocycles. The van der Waals surface area contributed by atoms with Gasteiger partial charge in [-0.3, -0.25) is 4.79 Å². The third-order valence-electron chi connectivity index (χ3n) is 3.73. The predicted molar refractivity (Wildman–Crippen MR) is 86.4 cm³/mol. The van der Waals surface area contributed by atoms with Crippen LogP contribution in [0.5, 0.6) is 11.5 Å². The minimum absolute atomic E-state index is 0.0323. The van der Waals surface area contributed by atoms with Crippen LogP contribution in [-0.4, -0.2) is 62.9 Å². The van der Waals surface area contributed by atoms with E-state index in [4.69, 9.17) is 18.9 Å². The van der Waals surface area contributed by atoms with Crippen LogP contribution in [0.3, 0.4) is 0 Å². The van der Waals surface area contributed by atoms with Gasteiger partial charge in [0.1, 0.15) is 17.1 Å². The van der Waals surface area contributed by atoms with Crippen molar-refractivity contribution in [2.24, 2.45) is 0 Å². The second-order valence-corrected chi connectivity index (χ2v) is 5.70. The van der Waals surface area contributed by atoms with Crippen LogP contribution in [-0.2, 0) is 14.3 Å². The second kappa shape index (κ2) is 8.01. The molecule has 7 nitrogen and oxygen atoms in total. The lowest BCUT2D eigenvalue weighted by atomic mass is 10.2. The van der Waals surface area contributed by atoms with E-state index in [2.05, 4.69) is 0 Å². The van der Waals surface area contributed by atoms with Gasteiger partial charge in [0.05, 0.1) is 26.4 Å². The molecule has 1 saturated heterocycles. The van der Waals surface area contributed by atoms with Gasteiger partial charge in [0.25, 0.3) is 5.91 Å². The summed E-state index contributed by atoms with van der Waals surface area (Å²) in [5.74, 6) is 0.0474. The number of hydrogen-bond acceptors (Lipinski definition) is 6. The lowest BCUT2D eigenvalue weighted by Gasteiger charge is -2.35. The standard InChI is InChI=1S/C17H23NO6/c1-11-8-18(9-12(2)24-11)16(19)10-23-17(20)14-6-5-13(21-3)7-15(14)22-4/h5-7,11-12H,8-10H2,1-4H3. The van der Waals surface area contributed by atoms with Gasteiger partial charge in [-0.05, 0) is 26.0 Å². The van der Waals surface area contributed by atoms with E-state index in [9.17, 15) is 9.59 Å². The normalized spacial score (nSPS) is 20.4. The van der Waals surface area contributed by atoms with Crippen LogP contribution in [0.4, 0.5) is 0 Å². The summed E-state index contributed by atoms with van der Waals surface area (Å²) in [4.78, 5) is 26.1. The topological polar surface area (TPSA) is 74.3 Å². The monoisotopic (exact) mass is 337 g/mol. The molecule has 1 amide bonds. The molecule has 24 heavy (non-hydrogen) atoms. The van der Waals surface area contributed by atoms with Crippen LogP contribution in [0.15, 0.2) is 18.2 Å². The largest absolute Gasteiger partial charge is 0.497 e. The summed E-state index contributed by atoms with van der Waals surface area (Å²) in [5.41, 5.74) is 0.245. The van der Waals surface area contributed by atoms with Gasteiger partial charge in [-0.25, -0.2) is 4.79 Å².